The number of fused-ring (bicyclic) bond motifs is 1. The Hall–Kier alpha value is -2.62. The number of hydrogen-bond donors (Lipinski definition) is 2. The van der Waals surface area contributed by atoms with Crippen molar-refractivity contribution >= 4 is 29.3 Å². The summed E-state index contributed by atoms with van der Waals surface area (Å²) in [4.78, 5) is 34.3. The van der Waals surface area contributed by atoms with E-state index in [-0.39, 0.29) is 12.2 Å². The van der Waals surface area contributed by atoms with Crippen molar-refractivity contribution in [2.24, 2.45) is 5.92 Å². The summed E-state index contributed by atoms with van der Waals surface area (Å²) >= 11 is 1.70. The molecule has 0 aliphatic carbocycles. The highest BCUT2D eigenvalue weighted by Gasteiger charge is 2.23. The Kier molecular flexibility index (Phi) is 9.45. The number of carbonyl (C=O) groups excluding carboxylic acids is 1. The molecule has 0 spiro atoms. The SMILES string of the molecule is CCCOc1ccc(SN2CCC(CCO)CC2)cc1-c1nc2c(CCC)c(C=O)n(CC)c2c(=O)[nH]1. The zero-order chi connectivity index (χ0) is 26.4. The molecule has 8 nitrogen and oxygen atoms in total. The second kappa shape index (κ2) is 12.8. The number of nitrogens with zero attached hydrogens (tertiary/aromatic N) is 3. The van der Waals surface area contributed by atoms with Gasteiger partial charge in [-0.1, -0.05) is 20.3 Å². The van der Waals surface area contributed by atoms with E-state index in [1.54, 1.807) is 16.5 Å². The van der Waals surface area contributed by atoms with Gasteiger partial charge in [0.25, 0.3) is 5.56 Å². The molecular weight excluding hydrogens is 488 g/mol. The number of benzene rings is 1. The Morgan fingerprint density at radius 1 is 1.22 bits per heavy atom. The lowest BCUT2D eigenvalue weighted by Crippen LogP contribution is -2.28. The summed E-state index contributed by atoms with van der Waals surface area (Å²) in [6.45, 7) is 9.32. The van der Waals surface area contributed by atoms with Crippen molar-refractivity contribution in [3.8, 4) is 17.1 Å². The van der Waals surface area contributed by atoms with Gasteiger partial charge in [-0.3, -0.25) is 9.59 Å². The van der Waals surface area contributed by atoms with Gasteiger partial charge in [-0.05, 0) is 75.1 Å². The fourth-order valence-corrected chi connectivity index (χ4v) is 6.12. The minimum atomic E-state index is -0.252. The number of piperidine rings is 1. The highest BCUT2D eigenvalue weighted by molar-refractivity contribution is 7.97. The fraction of sp³-hybridized carbons (Fsp3) is 0.536. The summed E-state index contributed by atoms with van der Waals surface area (Å²) in [7, 11) is 0. The molecule has 0 atom stereocenters. The average Bonchev–Trinajstić information content (AvgIpc) is 3.22. The number of rotatable bonds is 12. The molecule has 2 aromatic heterocycles. The molecule has 0 saturated carbocycles. The molecule has 0 radical (unpaired) electrons. The molecule has 1 saturated heterocycles. The minimum Gasteiger partial charge on any atom is -0.493 e. The van der Waals surface area contributed by atoms with E-state index < -0.39 is 0 Å². The third-order valence-corrected chi connectivity index (χ3v) is 8.08. The van der Waals surface area contributed by atoms with Gasteiger partial charge in [-0.25, -0.2) is 9.29 Å². The van der Waals surface area contributed by atoms with E-state index in [2.05, 4.69) is 29.2 Å². The van der Waals surface area contributed by atoms with Crippen LogP contribution in [0.1, 0.15) is 68.9 Å². The monoisotopic (exact) mass is 526 g/mol. The summed E-state index contributed by atoms with van der Waals surface area (Å²) < 4.78 is 10.2. The molecule has 1 aliphatic rings. The van der Waals surface area contributed by atoms with Crippen molar-refractivity contribution < 1.29 is 14.6 Å². The molecule has 3 heterocycles. The number of ether oxygens (including phenoxy) is 1. The van der Waals surface area contributed by atoms with Gasteiger partial charge in [0.2, 0.25) is 0 Å². The maximum absolute atomic E-state index is 13.3. The standard InChI is InChI=1S/C28H38N4O4S/c1-4-7-21-23(18-34)32(6-3)26-25(21)29-27(30-28(26)35)22-17-20(8-9-24(22)36-16-5-2)37-31-13-10-19(11-14-31)12-15-33/h8-9,17-19,33H,4-7,10-16H2,1-3H3,(H,29,30,35). The van der Waals surface area contributed by atoms with Crippen LogP contribution in [-0.4, -0.2) is 56.5 Å². The first-order valence-corrected chi connectivity index (χ1v) is 14.2. The molecule has 0 bridgehead atoms. The molecule has 0 unspecified atom stereocenters. The number of H-pyrrole nitrogens is 1. The molecule has 1 fully saturated rings. The summed E-state index contributed by atoms with van der Waals surface area (Å²) in [5.41, 5.74) is 2.89. The highest BCUT2D eigenvalue weighted by Crippen LogP contribution is 2.36. The normalized spacial score (nSPS) is 14.9. The molecule has 1 aliphatic heterocycles. The minimum absolute atomic E-state index is 0.252. The van der Waals surface area contributed by atoms with Gasteiger partial charge in [0.1, 0.15) is 22.6 Å². The largest absolute Gasteiger partial charge is 0.493 e. The van der Waals surface area contributed by atoms with Crippen molar-refractivity contribution in [3.63, 3.8) is 0 Å². The highest BCUT2D eigenvalue weighted by atomic mass is 32.2. The van der Waals surface area contributed by atoms with Crippen LogP contribution in [0.5, 0.6) is 5.75 Å². The molecule has 200 valence electrons. The summed E-state index contributed by atoms with van der Waals surface area (Å²) in [5, 5.41) is 9.24. The van der Waals surface area contributed by atoms with Crippen LogP contribution in [0.15, 0.2) is 27.9 Å². The first kappa shape index (κ1) is 27.4. The fourth-order valence-electron chi connectivity index (χ4n) is 5.13. The Bertz CT molecular complexity index is 1280. The van der Waals surface area contributed by atoms with Gasteiger partial charge in [0.15, 0.2) is 6.29 Å². The number of aromatic nitrogens is 3. The summed E-state index contributed by atoms with van der Waals surface area (Å²) in [6.07, 6.45) is 6.26. The number of aromatic amines is 1. The summed E-state index contributed by atoms with van der Waals surface area (Å²) in [6, 6.07) is 6.05. The van der Waals surface area contributed by atoms with Crippen LogP contribution in [0.4, 0.5) is 0 Å². The van der Waals surface area contributed by atoms with Crippen LogP contribution in [0.3, 0.4) is 0 Å². The van der Waals surface area contributed by atoms with Crippen LogP contribution in [0.25, 0.3) is 22.4 Å². The predicted molar refractivity (Wildman–Crippen MR) is 148 cm³/mol. The number of aliphatic hydroxyl groups excluding tert-OH is 1. The van der Waals surface area contributed by atoms with Crippen molar-refractivity contribution in [1.29, 1.82) is 0 Å². The Labute approximate surface area is 222 Å². The van der Waals surface area contributed by atoms with Crippen molar-refractivity contribution in [2.45, 2.75) is 70.7 Å². The maximum Gasteiger partial charge on any atom is 0.275 e. The number of hydrogen-bond acceptors (Lipinski definition) is 7. The van der Waals surface area contributed by atoms with Gasteiger partial charge in [-0.2, -0.15) is 0 Å². The van der Waals surface area contributed by atoms with Crippen molar-refractivity contribution in [2.75, 3.05) is 26.3 Å². The maximum atomic E-state index is 13.3. The number of carbonyl (C=O) groups is 1. The zero-order valence-electron chi connectivity index (χ0n) is 22.1. The van der Waals surface area contributed by atoms with Gasteiger partial charge in [-0.15, -0.1) is 0 Å². The second-order valence-electron chi connectivity index (χ2n) is 9.57. The first-order valence-electron chi connectivity index (χ1n) is 13.5. The lowest BCUT2D eigenvalue weighted by molar-refractivity contribution is 0.111. The molecule has 37 heavy (non-hydrogen) atoms. The first-order chi connectivity index (χ1) is 18.0. The number of nitrogens with one attached hydrogen (secondary N) is 1. The van der Waals surface area contributed by atoms with E-state index in [4.69, 9.17) is 9.72 Å². The van der Waals surface area contributed by atoms with E-state index in [0.717, 1.165) is 67.5 Å². The smallest absolute Gasteiger partial charge is 0.275 e. The van der Waals surface area contributed by atoms with Crippen LogP contribution >= 0.6 is 11.9 Å². The quantitative estimate of drug-likeness (QED) is 0.251. The van der Waals surface area contributed by atoms with E-state index in [0.29, 0.717) is 53.8 Å². The molecule has 0 amide bonds. The van der Waals surface area contributed by atoms with Crippen LogP contribution < -0.4 is 10.3 Å². The Morgan fingerprint density at radius 2 is 2.00 bits per heavy atom. The van der Waals surface area contributed by atoms with E-state index >= 15 is 0 Å². The third kappa shape index (κ3) is 5.94. The lowest BCUT2D eigenvalue weighted by atomic mass is 9.95. The lowest BCUT2D eigenvalue weighted by Gasteiger charge is -2.30. The predicted octanol–water partition coefficient (Wildman–Crippen LogP) is 5.07. The zero-order valence-corrected chi connectivity index (χ0v) is 22.9. The van der Waals surface area contributed by atoms with Gasteiger partial charge >= 0.3 is 0 Å². The van der Waals surface area contributed by atoms with Crippen LogP contribution in [-0.2, 0) is 13.0 Å². The van der Waals surface area contributed by atoms with Gasteiger partial charge < -0.3 is 19.4 Å². The van der Waals surface area contributed by atoms with Crippen molar-refractivity contribution in [1.82, 2.24) is 18.8 Å². The molecule has 9 heteroatoms. The van der Waals surface area contributed by atoms with Gasteiger partial charge in [0.05, 0.1) is 17.9 Å². The van der Waals surface area contributed by atoms with Crippen molar-refractivity contribution in [3.05, 3.63) is 39.8 Å². The molecule has 1 aromatic carbocycles. The second-order valence-corrected chi connectivity index (χ2v) is 10.7. The summed E-state index contributed by atoms with van der Waals surface area (Å²) in [5.74, 6) is 1.72. The number of aldehydes is 1. The number of aryl methyl sites for hydroxylation is 2. The molecular formula is C28H38N4O4S. The molecule has 4 rings (SSSR count). The van der Waals surface area contributed by atoms with E-state index in [1.165, 1.54) is 0 Å². The Balaban J connectivity index is 1.75. The van der Waals surface area contributed by atoms with Gasteiger partial charge in [0, 0.05) is 36.7 Å². The van der Waals surface area contributed by atoms with Crippen LogP contribution in [0, 0.1) is 5.92 Å². The average molecular weight is 527 g/mol. The van der Waals surface area contributed by atoms with E-state index in [1.807, 2.05) is 19.1 Å². The molecule has 3 aromatic rings. The van der Waals surface area contributed by atoms with Crippen LogP contribution in [0.2, 0.25) is 0 Å². The Morgan fingerprint density at radius 3 is 2.65 bits per heavy atom. The topological polar surface area (TPSA) is 100 Å². The third-order valence-electron chi connectivity index (χ3n) is 6.99. The number of aliphatic hydroxyl groups is 1. The molecule has 2 N–H and O–H groups in total. The van der Waals surface area contributed by atoms with E-state index in [9.17, 15) is 14.7 Å².